The molecule has 0 unspecified atom stereocenters. The van der Waals surface area contributed by atoms with Crippen LogP contribution in [0.3, 0.4) is 0 Å². The van der Waals surface area contributed by atoms with Crippen LogP contribution in [0.15, 0.2) is 18.2 Å². The van der Waals surface area contributed by atoms with Gasteiger partial charge >= 0.3 is 0 Å². The summed E-state index contributed by atoms with van der Waals surface area (Å²) in [5.74, 6) is 0.949. The van der Waals surface area contributed by atoms with E-state index in [1.54, 1.807) is 14.2 Å². The first kappa shape index (κ1) is 14.0. The number of ether oxygens (including phenoxy) is 2. The van der Waals surface area contributed by atoms with E-state index in [1.165, 1.54) is 11.1 Å². The summed E-state index contributed by atoms with van der Waals surface area (Å²) in [6.45, 7) is 5.78. The molecule has 0 amide bonds. The average Bonchev–Trinajstić information content (AvgIpc) is 2.35. The van der Waals surface area contributed by atoms with Crippen LogP contribution in [0.1, 0.15) is 24.5 Å². The molecule has 0 saturated carbocycles. The lowest BCUT2D eigenvalue weighted by Gasteiger charge is -2.17. The summed E-state index contributed by atoms with van der Waals surface area (Å²) < 4.78 is 10.5. The summed E-state index contributed by atoms with van der Waals surface area (Å²) in [4.78, 5) is 0. The van der Waals surface area contributed by atoms with Crippen molar-refractivity contribution in [2.75, 3.05) is 20.8 Å². The van der Waals surface area contributed by atoms with Crippen LogP contribution in [-0.4, -0.2) is 26.9 Å². The molecule has 1 atom stereocenters. The highest BCUT2D eigenvalue weighted by Gasteiger charge is 2.07. The van der Waals surface area contributed by atoms with Crippen LogP contribution >= 0.6 is 0 Å². The molecule has 0 spiro atoms. The average molecular weight is 237 g/mol. The third kappa shape index (κ3) is 4.36. The lowest BCUT2D eigenvalue weighted by molar-refractivity contribution is 0.163. The van der Waals surface area contributed by atoms with Crippen LogP contribution in [-0.2, 0) is 11.3 Å². The molecule has 0 radical (unpaired) electrons. The molecule has 0 aromatic heterocycles. The van der Waals surface area contributed by atoms with Crippen molar-refractivity contribution < 1.29 is 9.47 Å². The minimum Gasteiger partial charge on any atom is -0.496 e. The fourth-order valence-electron chi connectivity index (χ4n) is 1.77. The summed E-state index contributed by atoms with van der Waals surface area (Å²) in [6, 6.07) is 6.68. The topological polar surface area (TPSA) is 30.5 Å². The van der Waals surface area contributed by atoms with Gasteiger partial charge in [-0.05, 0) is 25.0 Å². The quantitative estimate of drug-likeness (QED) is 0.790. The fraction of sp³-hybridized carbons (Fsp3) is 0.571. The zero-order chi connectivity index (χ0) is 12.7. The molecule has 3 heteroatoms. The van der Waals surface area contributed by atoms with Crippen LogP contribution < -0.4 is 10.1 Å². The molecule has 1 rings (SSSR count). The number of methoxy groups -OCH3 is 2. The Kier molecular flexibility index (Phi) is 6.01. The molecule has 3 nitrogen and oxygen atoms in total. The summed E-state index contributed by atoms with van der Waals surface area (Å²) in [6.07, 6.45) is 1.06. The van der Waals surface area contributed by atoms with Crippen molar-refractivity contribution in [3.05, 3.63) is 29.3 Å². The number of hydrogen-bond acceptors (Lipinski definition) is 3. The third-order valence-electron chi connectivity index (χ3n) is 2.88. The molecule has 0 bridgehead atoms. The minimum atomic E-state index is 0.394. The number of benzene rings is 1. The molecule has 1 aromatic carbocycles. The number of hydrogen-bond donors (Lipinski definition) is 1. The molecule has 0 saturated heterocycles. The summed E-state index contributed by atoms with van der Waals surface area (Å²) in [5, 5.41) is 3.48. The van der Waals surface area contributed by atoms with Gasteiger partial charge in [0.25, 0.3) is 0 Å². The Hall–Kier alpha value is -1.06. The van der Waals surface area contributed by atoms with Crippen molar-refractivity contribution in [1.82, 2.24) is 5.32 Å². The molecule has 17 heavy (non-hydrogen) atoms. The van der Waals surface area contributed by atoms with Gasteiger partial charge in [0.15, 0.2) is 0 Å². The van der Waals surface area contributed by atoms with Crippen LogP contribution in [0.4, 0.5) is 0 Å². The predicted molar refractivity (Wildman–Crippen MR) is 70.5 cm³/mol. The monoisotopic (exact) mass is 237 g/mol. The van der Waals surface area contributed by atoms with Gasteiger partial charge in [-0.2, -0.15) is 0 Å². The lowest BCUT2D eigenvalue weighted by atomic mass is 10.1. The van der Waals surface area contributed by atoms with E-state index >= 15 is 0 Å². The van der Waals surface area contributed by atoms with Crippen LogP contribution in [0, 0.1) is 6.92 Å². The molecule has 0 fully saturated rings. The smallest absolute Gasteiger partial charge is 0.123 e. The van der Waals surface area contributed by atoms with Gasteiger partial charge in [-0.1, -0.05) is 19.1 Å². The van der Waals surface area contributed by atoms with Crippen molar-refractivity contribution in [3.63, 3.8) is 0 Å². The largest absolute Gasteiger partial charge is 0.496 e. The van der Waals surface area contributed by atoms with Gasteiger partial charge in [-0.15, -0.1) is 0 Å². The first-order chi connectivity index (χ1) is 8.21. The SMILES string of the molecule is CC[C@@H](COC)NCc1ccc(C)cc1OC. The molecule has 1 aromatic rings. The van der Waals surface area contributed by atoms with Crippen molar-refractivity contribution in [2.45, 2.75) is 32.9 Å². The van der Waals surface area contributed by atoms with Gasteiger partial charge in [-0.25, -0.2) is 0 Å². The molecular weight excluding hydrogens is 214 g/mol. The number of nitrogens with one attached hydrogen (secondary N) is 1. The van der Waals surface area contributed by atoms with E-state index in [0.717, 1.165) is 25.3 Å². The van der Waals surface area contributed by atoms with Gasteiger partial charge in [0, 0.05) is 25.3 Å². The van der Waals surface area contributed by atoms with Crippen molar-refractivity contribution in [1.29, 1.82) is 0 Å². The molecule has 0 aliphatic rings. The maximum absolute atomic E-state index is 5.38. The Balaban J connectivity index is 2.61. The summed E-state index contributed by atoms with van der Waals surface area (Å²) in [5.41, 5.74) is 2.40. The molecule has 96 valence electrons. The second-order valence-electron chi connectivity index (χ2n) is 4.26. The van der Waals surface area contributed by atoms with E-state index in [1.807, 2.05) is 0 Å². The van der Waals surface area contributed by atoms with E-state index in [-0.39, 0.29) is 0 Å². The van der Waals surface area contributed by atoms with E-state index in [4.69, 9.17) is 9.47 Å². The molecular formula is C14H23NO2. The standard InChI is InChI=1S/C14H23NO2/c1-5-13(10-16-3)15-9-12-7-6-11(2)8-14(12)17-4/h6-8,13,15H,5,9-10H2,1-4H3/t13-/m0/s1. The Morgan fingerprint density at radius 2 is 2.06 bits per heavy atom. The Bertz CT molecular complexity index is 339. The second-order valence-corrected chi connectivity index (χ2v) is 4.26. The van der Waals surface area contributed by atoms with Gasteiger partial charge in [0.2, 0.25) is 0 Å². The maximum Gasteiger partial charge on any atom is 0.123 e. The van der Waals surface area contributed by atoms with E-state index < -0.39 is 0 Å². The Labute approximate surface area is 104 Å². The van der Waals surface area contributed by atoms with Gasteiger partial charge in [0.05, 0.1) is 13.7 Å². The minimum absolute atomic E-state index is 0.394. The normalized spacial score (nSPS) is 12.5. The molecule has 0 aliphatic carbocycles. The van der Waals surface area contributed by atoms with Crippen LogP contribution in [0.2, 0.25) is 0 Å². The first-order valence-electron chi connectivity index (χ1n) is 6.07. The van der Waals surface area contributed by atoms with Crippen LogP contribution in [0.5, 0.6) is 5.75 Å². The predicted octanol–water partition coefficient (Wildman–Crippen LogP) is 2.52. The summed E-state index contributed by atoms with van der Waals surface area (Å²) in [7, 11) is 3.45. The lowest BCUT2D eigenvalue weighted by Crippen LogP contribution is -2.32. The third-order valence-corrected chi connectivity index (χ3v) is 2.88. The van der Waals surface area contributed by atoms with Crippen molar-refractivity contribution in [3.8, 4) is 5.75 Å². The van der Waals surface area contributed by atoms with Gasteiger partial charge < -0.3 is 14.8 Å². The highest BCUT2D eigenvalue weighted by Crippen LogP contribution is 2.19. The van der Waals surface area contributed by atoms with E-state index in [2.05, 4.69) is 37.4 Å². The highest BCUT2D eigenvalue weighted by molar-refractivity contribution is 5.37. The number of rotatable bonds is 7. The van der Waals surface area contributed by atoms with E-state index in [0.29, 0.717) is 6.04 Å². The highest BCUT2D eigenvalue weighted by atomic mass is 16.5. The van der Waals surface area contributed by atoms with E-state index in [9.17, 15) is 0 Å². The zero-order valence-corrected chi connectivity index (χ0v) is 11.2. The molecule has 1 N–H and O–H groups in total. The Morgan fingerprint density at radius 1 is 1.29 bits per heavy atom. The van der Waals surface area contributed by atoms with Crippen LogP contribution in [0.25, 0.3) is 0 Å². The Morgan fingerprint density at radius 3 is 2.65 bits per heavy atom. The van der Waals surface area contributed by atoms with Gasteiger partial charge in [0.1, 0.15) is 5.75 Å². The van der Waals surface area contributed by atoms with Crippen molar-refractivity contribution in [2.24, 2.45) is 0 Å². The maximum atomic E-state index is 5.38. The van der Waals surface area contributed by atoms with Crippen molar-refractivity contribution >= 4 is 0 Å². The summed E-state index contributed by atoms with van der Waals surface area (Å²) >= 11 is 0. The van der Waals surface area contributed by atoms with Gasteiger partial charge in [-0.3, -0.25) is 0 Å². The number of aryl methyl sites for hydroxylation is 1. The fourth-order valence-corrected chi connectivity index (χ4v) is 1.77. The molecule has 0 aliphatic heterocycles. The second kappa shape index (κ2) is 7.30. The zero-order valence-electron chi connectivity index (χ0n) is 11.2. The first-order valence-corrected chi connectivity index (χ1v) is 6.07. The molecule has 0 heterocycles.